The predicted octanol–water partition coefficient (Wildman–Crippen LogP) is 2.90. The van der Waals surface area contributed by atoms with Gasteiger partial charge < -0.3 is 25.4 Å². The summed E-state index contributed by atoms with van der Waals surface area (Å²) in [6.45, 7) is 8.33. The Labute approximate surface area is 185 Å². The molecule has 1 atom stereocenters. The van der Waals surface area contributed by atoms with E-state index < -0.39 is 0 Å². The molecule has 1 saturated heterocycles. The molecule has 158 valence electrons. The van der Waals surface area contributed by atoms with Gasteiger partial charge in [0.15, 0.2) is 5.96 Å². The van der Waals surface area contributed by atoms with Crippen LogP contribution in [0, 0.1) is 0 Å². The number of nitrogens with one attached hydrogen (secondary N) is 3. The molecule has 1 aliphatic heterocycles. The van der Waals surface area contributed by atoms with Crippen LogP contribution in [0.1, 0.15) is 38.7 Å². The first-order chi connectivity index (χ1) is 13.2. The van der Waals surface area contributed by atoms with Crippen LogP contribution >= 0.6 is 24.0 Å². The zero-order valence-electron chi connectivity index (χ0n) is 16.8. The molecule has 28 heavy (non-hydrogen) atoms. The molecule has 1 aromatic rings. The normalized spacial score (nSPS) is 16.4. The summed E-state index contributed by atoms with van der Waals surface area (Å²) in [5.41, 5.74) is 1.81. The SMILES string of the molecule is CCNC(=NCc1cccc(NC(=O)C2CCCO2)c1)NCCCOCC.I. The highest BCUT2D eigenvalue weighted by molar-refractivity contribution is 14.0. The monoisotopic (exact) mass is 504 g/mol. The molecule has 1 heterocycles. The summed E-state index contributed by atoms with van der Waals surface area (Å²) in [4.78, 5) is 16.8. The van der Waals surface area contributed by atoms with Gasteiger partial charge in [0.25, 0.3) is 5.91 Å². The molecular formula is C20H33IN4O3. The highest BCUT2D eigenvalue weighted by atomic mass is 127. The highest BCUT2D eigenvalue weighted by Gasteiger charge is 2.23. The third kappa shape index (κ3) is 9.20. The van der Waals surface area contributed by atoms with Gasteiger partial charge in [-0.1, -0.05) is 12.1 Å². The van der Waals surface area contributed by atoms with E-state index in [-0.39, 0.29) is 36.0 Å². The molecule has 3 N–H and O–H groups in total. The van der Waals surface area contributed by atoms with Crippen LogP contribution in [0.4, 0.5) is 5.69 Å². The fourth-order valence-electron chi connectivity index (χ4n) is 2.79. The molecule has 0 spiro atoms. The smallest absolute Gasteiger partial charge is 0.253 e. The number of ether oxygens (including phenoxy) is 2. The van der Waals surface area contributed by atoms with Crippen molar-refractivity contribution in [3.8, 4) is 0 Å². The Kier molecular flexibility index (Phi) is 12.8. The van der Waals surface area contributed by atoms with Gasteiger partial charge in [-0.2, -0.15) is 0 Å². The van der Waals surface area contributed by atoms with Crippen molar-refractivity contribution in [2.45, 2.75) is 45.8 Å². The van der Waals surface area contributed by atoms with Crippen LogP contribution in [-0.4, -0.2) is 50.9 Å². The van der Waals surface area contributed by atoms with Gasteiger partial charge in [-0.3, -0.25) is 4.79 Å². The molecular weight excluding hydrogens is 471 g/mol. The highest BCUT2D eigenvalue weighted by Crippen LogP contribution is 2.16. The summed E-state index contributed by atoms with van der Waals surface area (Å²) in [6.07, 6.45) is 2.34. The van der Waals surface area contributed by atoms with E-state index in [0.717, 1.165) is 62.8 Å². The third-order valence-corrected chi connectivity index (χ3v) is 4.14. The number of rotatable bonds is 10. The maximum atomic E-state index is 12.2. The molecule has 1 aliphatic rings. The molecule has 2 rings (SSSR count). The van der Waals surface area contributed by atoms with Crippen molar-refractivity contribution >= 4 is 41.5 Å². The van der Waals surface area contributed by atoms with E-state index in [4.69, 9.17) is 9.47 Å². The van der Waals surface area contributed by atoms with Gasteiger partial charge in [0, 0.05) is 38.6 Å². The number of nitrogens with zero attached hydrogens (tertiary/aromatic N) is 1. The van der Waals surface area contributed by atoms with Crippen LogP contribution in [0.5, 0.6) is 0 Å². The Morgan fingerprint density at radius 1 is 1.32 bits per heavy atom. The number of carbonyl (C=O) groups excluding carboxylic acids is 1. The van der Waals surface area contributed by atoms with E-state index >= 15 is 0 Å². The second-order valence-corrected chi connectivity index (χ2v) is 6.36. The minimum Gasteiger partial charge on any atom is -0.382 e. The van der Waals surface area contributed by atoms with Gasteiger partial charge in [0.1, 0.15) is 6.10 Å². The Bertz CT molecular complexity index is 607. The molecule has 1 fully saturated rings. The molecule has 1 unspecified atom stereocenters. The Morgan fingerprint density at radius 3 is 2.89 bits per heavy atom. The summed E-state index contributed by atoms with van der Waals surface area (Å²) in [5, 5.41) is 9.48. The Balaban J connectivity index is 0.00000392. The van der Waals surface area contributed by atoms with Crippen LogP contribution in [0.2, 0.25) is 0 Å². The van der Waals surface area contributed by atoms with Crippen molar-refractivity contribution in [3.63, 3.8) is 0 Å². The number of hydrogen-bond acceptors (Lipinski definition) is 4. The van der Waals surface area contributed by atoms with Crippen LogP contribution in [0.25, 0.3) is 0 Å². The van der Waals surface area contributed by atoms with E-state index in [1.54, 1.807) is 0 Å². The lowest BCUT2D eigenvalue weighted by Gasteiger charge is -2.12. The Morgan fingerprint density at radius 2 is 2.18 bits per heavy atom. The zero-order chi connectivity index (χ0) is 19.3. The molecule has 0 radical (unpaired) electrons. The number of anilines is 1. The molecule has 8 heteroatoms. The lowest BCUT2D eigenvalue weighted by molar-refractivity contribution is -0.124. The van der Waals surface area contributed by atoms with Gasteiger partial charge in [-0.15, -0.1) is 24.0 Å². The number of benzene rings is 1. The summed E-state index contributed by atoms with van der Waals surface area (Å²) in [7, 11) is 0. The topological polar surface area (TPSA) is 84.0 Å². The number of carbonyl (C=O) groups is 1. The van der Waals surface area contributed by atoms with Crippen LogP contribution in [0.15, 0.2) is 29.3 Å². The van der Waals surface area contributed by atoms with E-state index in [1.165, 1.54) is 0 Å². The molecule has 0 saturated carbocycles. The minimum atomic E-state index is -0.326. The quantitative estimate of drug-likeness (QED) is 0.198. The molecule has 0 aromatic heterocycles. The number of guanidine groups is 1. The van der Waals surface area contributed by atoms with Crippen molar-refractivity contribution in [2.24, 2.45) is 4.99 Å². The van der Waals surface area contributed by atoms with E-state index in [1.807, 2.05) is 38.1 Å². The van der Waals surface area contributed by atoms with Gasteiger partial charge in [-0.25, -0.2) is 4.99 Å². The first-order valence-electron chi connectivity index (χ1n) is 9.84. The number of halogens is 1. The van der Waals surface area contributed by atoms with Gasteiger partial charge in [0.05, 0.1) is 6.54 Å². The summed E-state index contributed by atoms with van der Waals surface area (Å²) in [5.74, 6) is 0.709. The zero-order valence-corrected chi connectivity index (χ0v) is 19.2. The maximum absolute atomic E-state index is 12.2. The number of amides is 1. The van der Waals surface area contributed by atoms with Crippen LogP contribution < -0.4 is 16.0 Å². The van der Waals surface area contributed by atoms with Crippen molar-refractivity contribution in [1.82, 2.24) is 10.6 Å². The van der Waals surface area contributed by atoms with Crippen LogP contribution in [0.3, 0.4) is 0 Å². The van der Waals surface area contributed by atoms with Crippen molar-refractivity contribution < 1.29 is 14.3 Å². The van der Waals surface area contributed by atoms with E-state index in [0.29, 0.717) is 13.2 Å². The van der Waals surface area contributed by atoms with Crippen molar-refractivity contribution in [1.29, 1.82) is 0 Å². The second kappa shape index (κ2) is 14.6. The lowest BCUT2D eigenvalue weighted by atomic mass is 10.2. The van der Waals surface area contributed by atoms with Crippen molar-refractivity contribution in [2.75, 3.05) is 38.2 Å². The summed E-state index contributed by atoms with van der Waals surface area (Å²) in [6, 6.07) is 7.77. The van der Waals surface area contributed by atoms with Gasteiger partial charge >= 0.3 is 0 Å². The number of aliphatic imine (C=N–C) groups is 1. The molecule has 1 aromatic carbocycles. The van der Waals surface area contributed by atoms with E-state index in [2.05, 4.69) is 20.9 Å². The van der Waals surface area contributed by atoms with Gasteiger partial charge in [-0.05, 0) is 50.8 Å². The lowest BCUT2D eigenvalue weighted by Crippen LogP contribution is -2.38. The average molecular weight is 504 g/mol. The molecule has 7 nitrogen and oxygen atoms in total. The Hall–Kier alpha value is -1.39. The van der Waals surface area contributed by atoms with Crippen LogP contribution in [-0.2, 0) is 20.8 Å². The standard InChI is InChI=1S/C20H32N4O3.HI/c1-3-21-20(22-11-7-12-26-4-2)23-15-16-8-5-9-17(14-16)24-19(25)18-10-6-13-27-18;/h5,8-9,14,18H,3-4,6-7,10-13,15H2,1-2H3,(H,24,25)(H2,21,22,23);1H. The molecule has 1 amide bonds. The summed E-state index contributed by atoms with van der Waals surface area (Å²) < 4.78 is 10.8. The maximum Gasteiger partial charge on any atom is 0.253 e. The third-order valence-electron chi connectivity index (χ3n) is 4.14. The largest absolute Gasteiger partial charge is 0.382 e. The number of hydrogen-bond donors (Lipinski definition) is 3. The second-order valence-electron chi connectivity index (χ2n) is 6.36. The predicted molar refractivity (Wildman–Crippen MR) is 123 cm³/mol. The molecule has 0 bridgehead atoms. The van der Waals surface area contributed by atoms with E-state index in [9.17, 15) is 4.79 Å². The summed E-state index contributed by atoms with van der Waals surface area (Å²) >= 11 is 0. The minimum absolute atomic E-state index is 0. The first kappa shape index (κ1) is 24.6. The first-order valence-corrected chi connectivity index (χ1v) is 9.84. The fourth-order valence-corrected chi connectivity index (χ4v) is 2.79. The average Bonchev–Trinajstić information content (AvgIpc) is 3.21. The molecule has 0 aliphatic carbocycles. The van der Waals surface area contributed by atoms with Gasteiger partial charge in [0.2, 0.25) is 0 Å². The van der Waals surface area contributed by atoms with Crippen molar-refractivity contribution in [3.05, 3.63) is 29.8 Å². The fraction of sp³-hybridized carbons (Fsp3) is 0.600.